The molecule has 2 aliphatic heterocycles. The van der Waals surface area contributed by atoms with Crippen molar-refractivity contribution in [1.29, 1.82) is 0 Å². The van der Waals surface area contributed by atoms with E-state index in [-0.39, 0.29) is 17.3 Å². The van der Waals surface area contributed by atoms with Crippen molar-refractivity contribution in [3.63, 3.8) is 0 Å². The van der Waals surface area contributed by atoms with Crippen LogP contribution in [-0.2, 0) is 9.84 Å². The number of piperidine rings is 1. The number of rotatable bonds is 2. The quantitative estimate of drug-likeness (QED) is 0.782. The number of hydrogen-bond donors (Lipinski definition) is 2. The molecule has 1 aliphatic carbocycles. The molecule has 2 heterocycles. The molecule has 5 nitrogen and oxygen atoms in total. The van der Waals surface area contributed by atoms with Crippen molar-refractivity contribution < 1.29 is 8.42 Å². The van der Waals surface area contributed by atoms with Gasteiger partial charge in [-0.25, -0.2) is 8.42 Å². The molecule has 6 heteroatoms. The third-order valence-electron chi connectivity index (χ3n) is 6.40. The highest BCUT2D eigenvalue weighted by molar-refractivity contribution is 7.92. The van der Waals surface area contributed by atoms with Gasteiger partial charge in [0.2, 0.25) is 0 Å². The molecule has 3 fully saturated rings. The predicted octanol–water partition coefficient (Wildman–Crippen LogP) is 0.745. The van der Waals surface area contributed by atoms with Crippen LogP contribution in [0.2, 0.25) is 0 Å². The molecule has 128 valence electrons. The summed E-state index contributed by atoms with van der Waals surface area (Å²) in [6.45, 7) is 6.87. The van der Waals surface area contributed by atoms with E-state index in [1.54, 1.807) is 0 Å². The van der Waals surface area contributed by atoms with Gasteiger partial charge in [-0.2, -0.15) is 0 Å². The fourth-order valence-corrected chi connectivity index (χ4v) is 6.36. The number of sulfone groups is 1. The lowest BCUT2D eigenvalue weighted by Gasteiger charge is -2.57. The second-order valence-corrected chi connectivity index (χ2v) is 10.8. The van der Waals surface area contributed by atoms with Crippen molar-refractivity contribution >= 4 is 9.84 Å². The van der Waals surface area contributed by atoms with Crippen molar-refractivity contribution in [2.45, 2.75) is 62.3 Å². The molecule has 0 amide bonds. The number of hydrogen-bond acceptors (Lipinski definition) is 5. The molecule has 3 N–H and O–H groups in total. The fourth-order valence-electron chi connectivity index (χ4n) is 4.99. The number of nitrogens with zero attached hydrogens (tertiary/aromatic N) is 1. The van der Waals surface area contributed by atoms with Crippen LogP contribution < -0.4 is 11.1 Å². The van der Waals surface area contributed by atoms with Crippen LogP contribution in [0.15, 0.2) is 0 Å². The zero-order valence-electron chi connectivity index (χ0n) is 14.0. The Morgan fingerprint density at radius 1 is 1.23 bits per heavy atom. The topological polar surface area (TPSA) is 75.4 Å². The standard InChI is InChI=1S/C16H31N3O2S/c1-15(2)12-19(9-10-22(15,20)21)16(13-5-3-4-6-13)7-8-18-11-14(16)17/h13-14,18H,3-12,17H2,1-2H3. The summed E-state index contributed by atoms with van der Waals surface area (Å²) in [5.41, 5.74) is 6.62. The van der Waals surface area contributed by atoms with Gasteiger partial charge < -0.3 is 11.1 Å². The van der Waals surface area contributed by atoms with Crippen LogP contribution in [-0.4, -0.2) is 61.6 Å². The monoisotopic (exact) mass is 329 g/mol. The Bertz CT molecular complexity index is 513. The Hall–Kier alpha value is -0.170. The maximum Gasteiger partial charge on any atom is 0.157 e. The summed E-state index contributed by atoms with van der Waals surface area (Å²) in [5.74, 6) is 0.899. The lowest BCUT2D eigenvalue weighted by atomic mass is 9.71. The Morgan fingerprint density at radius 2 is 1.91 bits per heavy atom. The molecule has 2 unspecified atom stereocenters. The molecule has 0 bridgehead atoms. The molecule has 0 radical (unpaired) electrons. The lowest BCUT2D eigenvalue weighted by Crippen LogP contribution is -2.73. The maximum absolute atomic E-state index is 12.4. The van der Waals surface area contributed by atoms with Gasteiger partial charge in [-0.15, -0.1) is 0 Å². The molecule has 0 aromatic heterocycles. The van der Waals surface area contributed by atoms with Gasteiger partial charge in [-0.3, -0.25) is 4.90 Å². The molecule has 0 aromatic rings. The molecule has 2 saturated heterocycles. The Morgan fingerprint density at radius 3 is 2.50 bits per heavy atom. The van der Waals surface area contributed by atoms with Crippen molar-refractivity contribution in [2.75, 3.05) is 31.9 Å². The smallest absolute Gasteiger partial charge is 0.157 e. The highest BCUT2D eigenvalue weighted by Gasteiger charge is 2.54. The van der Waals surface area contributed by atoms with Crippen LogP contribution in [0, 0.1) is 5.92 Å². The van der Waals surface area contributed by atoms with Crippen LogP contribution in [0.4, 0.5) is 0 Å². The van der Waals surface area contributed by atoms with Gasteiger partial charge in [0.05, 0.1) is 10.5 Å². The predicted molar refractivity (Wildman–Crippen MR) is 89.6 cm³/mol. The van der Waals surface area contributed by atoms with E-state index < -0.39 is 14.6 Å². The molecular weight excluding hydrogens is 298 g/mol. The molecule has 0 aromatic carbocycles. The van der Waals surface area contributed by atoms with Gasteiger partial charge in [-0.05, 0) is 45.6 Å². The van der Waals surface area contributed by atoms with Gasteiger partial charge in [0, 0.05) is 31.2 Å². The van der Waals surface area contributed by atoms with Crippen molar-refractivity contribution in [2.24, 2.45) is 11.7 Å². The highest BCUT2D eigenvalue weighted by atomic mass is 32.2. The van der Waals surface area contributed by atoms with Gasteiger partial charge in [0.25, 0.3) is 0 Å². The Labute approximate surface area is 134 Å². The zero-order valence-corrected chi connectivity index (χ0v) is 14.8. The van der Waals surface area contributed by atoms with Gasteiger partial charge in [-0.1, -0.05) is 12.8 Å². The summed E-state index contributed by atoms with van der Waals surface area (Å²) in [5, 5.41) is 3.42. The first-order valence-electron chi connectivity index (χ1n) is 8.73. The van der Waals surface area contributed by atoms with E-state index in [1.807, 2.05) is 13.8 Å². The molecule has 2 atom stereocenters. The van der Waals surface area contributed by atoms with E-state index in [1.165, 1.54) is 25.7 Å². The van der Waals surface area contributed by atoms with E-state index in [0.717, 1.165) is 19.5 Å². The van der Waals surface area contributed by atoms with E-state index in [4.69, 9.17) is 5.73 Å². The van der Waals surface area contributed by atoms with Crippen LogP contribution in [0.5, 0.6) is 0 Å². The summed E-state index contributed by atoms with van der Waals surface area (Å²) in [7, 11) is -3.00. The van der Waals surface area contributed by atoms with E-state index in [0.29, 0.717) is 19.0 Å². The summed E-state index contributed by atoms with van der Waals surface area (Å²) < 4.78 is 24.1. The molecular formula is C16H31N3O2S. The molecule has 3 aliphatic rings. The summed E-state index contributed by atoms with van der Waals surface area (Å²) in [6, 6.07) is 0.0981. The van der Waals surface area contributed by atoms with E-state index in [9.17, 15) is 8.42 Å². The largest absolute Gasteiger partial charge is 0.325 e. The first kappa shape index (κ1) is 16.7. The first-order valence-corrected chi connectivity index (χ1v) is 10.4. The summed E-state index contributed by atoms with van der Waals surface area (Å²) in [6.07, 6.45) is 6.13. The van der Waals surface area contributed by atoms with Crippen LogP contribution >= 0.6 is 0 Å². The molecule has 1 saturated carbocycles. The summed E-state index contributed by atoms with van der Waals surface area (Å²) >= 11 is 0. The highest BCUT2D eigenvalue weighted by Crippen LogP contribution is 2.44. The van der Waals surface area contributed by atoms with Gasteiger partial charge in [0.15, 0.2) is 9.84 Å². The minimum absolute atomic E-state index is 0.00500. The number of nitrogens with two attached hydrogens (primary N) is 1. The second kappa shape index (κ2) is 5.72. The first-order chi connectivity index (χ1) is 10.3. The molecule has 0 spiro atoms. The van der Waals surface area contributed by atoms with Crippen molar-refractivity contribution in [3.8, 4) is 0 Å². The summed E-state index contributed by atoms with van der Waals surface area (Å²) in [4.78, 5) is 2.47. The van der Waals surface area contributed by atoms with Crippen molar-refractivity contribution in [1.82, 2.24) is 10.2 Å². The minimum Gasteiger partial charge on any atom is -0.325 e. The van der Waals surface area contributed by atoms with Crippen LogP contribution in [0.3, 0.4) is 0 Å². The van der Waals surface area contributed by atoms with E-state index >= 15 is 0 Å². The fraction of sp³-hybridized carbons (Fsp3) is 1.00. The maximum atomic E-state index is 12.4. The van der Waals surface area contributed by atoms with E-state index in [2.05, 4.69) is 10.2 Å². The van der Waals surface area contributed by atoms with Crippen LogP contribution in [0.25, 0.3) is 0 Å². The normalized spacial score (nSPS) is 39.9. The lowest BCUT2D eigenvalue weighted by molar-refractivity contribution is -0.0143. The Balaban J connectivity index is 1.93. The third-order valence-corrected chi connectivity index (χ3v) is 8.94. The number of nitrogens with one attached hydrogen (secondary N) is 1. The average molecular weight is 330 g/mol. The average Bonchev–Trinajstić information content (AvgIpc) is 2.97. The van der Waals surface area contributed by atoms with Crippen molar-refractivity contribution in [3.05, 3.63) is 0 Å². The zero-order chi connectivity index (χ0) is 16.0. The van der Waals surface area contributed by atoms with Gasteiger partial charge >= 0.3 is 0 Å². The minimum atomic E-state index is -3.00. The van der Waals surface area contributed by atoms with Crippen LogP contribution in [0.1, 0.15) is 46.0 Å². The third kappa shape index (κ3) is 2.52. The molecule has 3 rings (SSSR count). The van der Waals surface area contributed by atoms with Gasteiger partial charge in [0.1, 0.15) is 0 Å². The Kier molecular flexibility index (Phi) is 4.34. The SMILES string of the molecule is CC1(C)CN(C2(C3CCCC3)CCNCC2N)CCS1(=O)=O. The molecule has 22 heavy (non-hydrogen) atoms. The second-order valence-electron chi connectivity index (χ2n) is 8.03.